The number of aromatic nitrogens is 4. The van der Waals surface area contributed by atoms with E-state index >= 15 is 0 Å². The Hall–Kier alpha value is -9.45. The van der Waals surface area contributed by atoms with Crippen molar-refractivity contribution >= 4 is 61.7 Å². The van der Waals surface area contributed by atoms with Gasteiger partial charge < -0.3 is 13.9 Å². The summed E-state index contributed by atoms with van der Waals surface area (Å²) in [5, 5.41) is -4.13. The molecule has 0 spiro atoms. The summed E-state index contributed by atoms with van der Waals surface area (Å²) in [5.74, 6) is -0.297. The van der Waals surface area contributed by atoms with Gasteiger partial charge in [0.15, 0.2) is 8.07 Å². The second kappa shape index (κ2) is 23.7. The third-order valence-corrected chi connectivity index (χ3v) is 19.6. The van der Waals surface area contributed by atoms with E-state index in [0.717, 1.165) is 22.9 Å². The molecule has 0 fully saturated rings. The molecule has 0 amide bonds. The van der Waals surface area contributed by atoms with Gasteiger partial charge in [-0.2, -0.15) is 18.2 Å². The fraction of sp³-hybridized carbons (Fsp3) is 0.153. The number of pyridine rings is 1. The number of aryl methyl sites for hydroxylation is 1. The predicted octanol–water partition coefficient (Wildman–Crippen LogP) is 17.9. The van der Waals surface area contributed by atoms with Crippen molar-refractivity contribution in [3.8, 4) is 62.1 Å². The van der Waals surface area contributed by atoms with E-state index in [1.54, 1.807) is 30.3 Å². The summed E-state index contributed by atoms with van der Waals surface area (Å²) in [7, 11) is -6.81. The Morgan fingerprint density at radius 1 is 0.565 bits per heavy atom. The van der Waals surface area contributed by atoms with Crippen LogP contribution in [-0.4, -0.2) is 22.2 Å². The molecule has 1 aliphatic rings. The van der Waals surface area contributed by atoms with E-state index in [9.17, 15) is 39.8 Å². The summed E-state index contributed by atoms with van der Waals surface area (Å²) in [4.78, 5) is 4.64. The van der Waals surface area contributed by atoms with Crippen LogP contribution in [0.15, 0.2) is 266 Å². The van der Waals surface area contributed by atoms with Crippen molar-refractivity contribution < 1.29 is 93.4 Å². The average molecular weight is 1430 g/mol. The number of ether oxygens (including phenoxy) is 1. The largest absolute Gasteiger partial charge is 0.510 e. The van der Waals surface area contributed by atoms with Crippen LogP contribution in [0.1, 0.15) is 146 Å². The van der Waals surface area contributed by atoms with Crippen LogP contribution in [0.3, 0.4) is 0 Å². The predicted molar refractivity (Wildman–Crippen MR) is 379 cm³/mol. The number of hydrogen-bond acceptors (Lipinski definition) is 2. The zero-order chi connectivity index (χ0) is 102. The fourth-order valence-corrected chi connectivity index (χ4v) is 14.9. The molecular formula is C85H72N4OPtSi-2. The summed E-state index contributed by atoms with van der Waals surface area (Å²) in [6.07, 6.45) is -5.53. The number of nitrogens with zero attached hydrogens (tertiary/aromatic N) is 4. The maximum absolute atomic E-state index is 11.3. The molecule has 0 unspecified atom stereocenters. The van der Waals surface area contributed by atoms with Gasteiger partial charge in [0.25, 0.3) is 6.33 Å². The zero-order valence-electron chi connectivity index (χ0n) is 94.3. The molecule has 3 heterocycles. The van der Waals surface area contributed by atoms with Crippen molar-refractivity contribution in [2.24, 2.45) is 0 Å². The first-order chi connectivity index (χ1) is 63.1. The first kappa shape index (κ1) is 27.4. The van der Waals surface area contributed by atoms with Crippen LogP contribution in [0, 0.1) is 25.3 Å². The summed E-state index contributed by atoms with van der Waals surface area (Å²) >= 11 is 0. The van der Waals surface area contributed by atoms with Crippen LogP contribution in [0.5, 0.6) is 11.5 Å². The molecule has 7 heteroatoms. The summed E-state index contributed by atoms with van der Waals surface area (Å²) in [5.41, 5.74) is -20.9. The average Bonchev–Trinajstić information content (AvgIpc) is 0.660. The minimum absolute atomic E-state index is 0. The molecule has 0 saturated heterocycles. The molecule has 454 valence electrons. The van der Waals surface area contributed by atoms with E-state index in [0.29, 0.717) is 16.3 Å². The molecule has 0 aliphatic heterocycles. The third kappa shape index (κ3) is 10.5. The van der Waals surface area contributed by atoms with E-state index in [1.807, 2.05) is 0 Å². The summed E-state index contributed by atoms with van der Waals surface area (Å²) in [6.45, 7) is -17.0. The Morgan fingerprint density at radius 2 is 1.16 bits per heavy atom. The van der Waals surface area contributed by atoms with Crippen LogP contribution in [0.2, 0.25) is 0 Å². The quantitative estimate of drug-likeness (QED) is 0.0529. The van der Waals surface area contributed by atoms with E-state index < -0.39 is 305 Å². The van der Waals surface area contributed by atoms with Gasteiger partial charge in [0, 0.05) is 75.9 Å². The SMILES string of the molecule is [2H]c1c([2H])c([2H])c(-c2cnc(-n3c4[c-]c(Oc5[c-]c(-n6[c-][n+](-c7c(-c8c([2H])c([2H])c9c(c8[2H])C(C([2H])([2H])[2H])(C([2H])([2H])[2H])C([2H])([2H])C([2H])([2H])C9(C([2H])([2H])[2H])C([2H])([2H])[2H])cc(C(C)(C)C)cc7-c7c([2H])c([2H])c([2H])c([Si](c8c([2H])c([2H])c([2H])c([2H])c8[2H])(c8c([2H])c([2H])c([2H])c([2H])c8[2H])c8c([2H])c([2H])c([2H])c([2H])c8[2H])c7[2H])c7ccccc76)ccc5)ccc4c4ccccc43)cc2C([2H])([2H])[2H])c([2H])c1[2H].[Pt]. The molecule has 0 N–H and O–H groups in total. The normalized spacial score (nSPS) is 22.6. The van der Waals surface area contributed by atoms with Crippen molar-refractivity contribution in [3.63, 3.8) is 0 Å². The van der Waals surface area contributed by atoms with E-state index in [-0.39, 0.29) is 71.7 Å². The smallest absolute Gasteiger partial charge is 0.268 e. The summed E-state index contributed by atoms with van der Waals surface area (Å²) < 4.78 is 445. The minimum Gasteiger partial charge on any atom is -0.510 e. The van der Waals surface area contributed by atoms with Crippen molar-refractivity contribution in [1.82, 2.24) is 14.1 Å². The number of para-hydroxylation sites is 3. The van der Waals surface area contributed by atoms with Gasteiger partial charge in [-0.25, -0.2) is 4.98 Å². The zero-order valence-corrected chi connectivity index (χ0v) is 51.6. The molecule has 1 aliphatic carbocycles. The van der Waals surface area contributed by atoms with Crippen molar-refractivity contribution in [3.05, 3.63) is 307 Å². The monoisotopic (exact) mass is 1430 g/mol. The second-order valence-corrected chi connectivity index (χ2v) is 25.7. The third-order valence-electron chi connectivity index (χ3n) is 15.6. The number of imidazole rings is 1. The van der Waals surface area contributed by atoms with Crippen LogP contribution < -0.4 is 30.1 Å². The van der Waals surface area contributed by atoms with E-state index in [4.69, 9.17) is 28.0 Å². The van der Waals surface area contributed by atoms with E-state index in [1.165, 1.54) is 84.5 Å². The fourth-order valence-electron chi connectivity index (χ4n) is 11.3. The number of rotatable bonds is 12. The Labute approximate surface area is 621 Å². The second-order valence-electron chi connectivity index (χ2n) is 22.2. The number of hydrogen-bond donors (Lipinski definition) is 0. The van der Waals surface area contributed by atoms with Crippen LogP contribution in [0.25, 0.3) is 83.4 Å². The molecule has 92 heavy (non-hydrogen) atoms. The Morgan fingerprint density at radius 3 is 1.83 bits per heavy atom. The van der Waals surface area contributed by atoms with Gasteiger partial charge in [-0.1, -0.05) is 271 Å². The topological polar surface area (TPSA) is 35.9 Å². The molecule has 0 atom stereocenters. The molecule has 11 aromatic carbocycles. The van der Waals surface area contributed by atoms with Gasteiger partial charge in [-0.15, -0.1) is 29.7 Å². The van der Waals surface area contributed by atoms with Crippen molar-refractivity contribution in [2.45, 2.75) is 84.0 Å². The molecule has 0 bridgehead atoms. The van der Waals surface area contributed by atoms with Gasteiger partial charge >= 0.3 is 0 Å². The van der Waals surface area contributed by atoms with Gasteiger partial charge in [0.1, 0.15) is 5.82 Å². The minimum atomic E-state index is -6.81. The molecule has 0 radical (unpaired) electrons. The van der Waals surface area contributed by atoms with Crippen molar-refractivity contribution in [1.29, 1.82) is 0 Å². The molecule has 0 saturated carbocycles. The van der Waals surface area contributed by atoms with Gasteiger partial charge in [-0.3, -0.25) is 4.57 Å². The molecule has 15 rings (SSSR count). The van der Waals surface area contributed by atoms with Crippen LogP contribution in [0.4, 0.5) is 0 Å². The van der Waals surface area contributed by atoms with Gasteiger partial charge in [-0.05, 0) is 130 Å². The number of benzene rings is 11. The molecular weight excluding hydrogens is 1320 g/mol. The van der Waals surface area contributed by atoms with Gasteiger partial charge in [0.2, 0.25) is 0 Å². The molecule has 14 aromatic rings. The standard InChI is InChI=1S/C85H72N4OSi.Pt/c1-58-49-81(86-56-74(58)59-27-13-9-14-28-59)89-77-40-22-21-39-70(77)71-45-44-65(55-80(71)89)90-64-31-26-30-63(54-64)87-57-88(79-42-24-23-41-78(79)87)82-72(52-62(83(2,3)4)53-73(82)61-43-46-75-76(51-61)85(7,8)48-47-84(75,5)6)60-29-25-38-69(50-60)91(66-32-15-10-16-33-66,67-34-17-11-18-35-67)68-36-19-12-20-37-68;/h9-46,49-53,56H,47-48H2,1-8H3;/q-2;/i1D3,5D3,6D3,7D3,8D3,9D,10D,11D,12D,13D,14D,15D,16D,17D,18D,19D,20D,25D,27D,28D,29D,32D,33D,34D,35D,36D,37D,38D,43D,46D,47D2,48D2,50D,51D;. The molecule has 5 nitrogen and oxygen atoms in total. The van der Waals surface area contributed by atoms with Gasteiger partial charge in [0.05, 0.1) is 53.7 Å². The van der Waals surface area contributed by atoms with Crippen LogP contribution >= 0.6 is 0 Å². The van der Waals surface area contributed by atoms with Crippen LogP contribution in [-0.2, 0) is 37.3 Å². The van der Waals surface area contributed by atoms with Crippen molar-refractivity contribution in [2.75, 3.05) is 0 Å². The Bertz CT molecular complexity index is 7280. The Balaban J connectivity index is 0.0000152. The maximum atomic E-state index is 11.3. The first-order valence-electron chi connectivity index (χ1n) is 51.0. The number of fused-ring (bicyclic) bond motifs is 5. The molecule has 3 aromatic heterocycles. The Kier molecular flexibility index (Phi) is 7.04. The maximum Gasteiger partial charge on any atom is 0.268 e. The first-order valence-corrected chi connectivity index (χ1v) is 30.0. The summed E-state index contributed by atoms with van der Waals surface area (Å²) in [6, 6.07) is -4.80. The van der Waals surface area contributed by atoms with E-state index in [2.05, 4.69) is 23.4 Å².